The first kappa shape index (κ1) is 11.5. The minimum absolute atomic E-state index is 0.257. The van der Waals surface area contributed by atoms with Gasteiger partial charge in [-0.2, -0.15) is 5.10 Å². The van der Waals surface area contributed by atoms with Crippen LogP contribution in [0.2, 0.25) is 0 Å². The first-order chi connectivity index (χ1) is 7.72. The van der Waals surface area contributed by atoms with Gasteiger partial charge in [0.05, 0.1) is 9.77 Å². The standard InChI is InChI=1S/C11H11FIN3/c1-14-5-8-3-2-4-10(12)11(8)16-7-9(13)6-15-16/h2-4,6-7,14H,5H2,1H3. The van der Waals surface area contributed by atoms with Gasteiger partial charge in [0, 0.05) is 12.7 Å². The van der Waals surface area contributed by atoms with E-state index in [0.29, 0.717) is 12.2 Å². The summed E-state index contributed by atoms with van der Waals surface area (Å²) in [5.41, 5.74) is 1.40. The zero-order chi connectivity index (χ0) is 11.5. The van der Waals surface area contributed by atoms with Crippen LogP contribution in [0.25, 0.3) is 5.69 Å². The van der Waals surface area contributed by atoms with Crippen molar-refractivity contribution in [1.29, 1.82) is 0 Å². The first-order valence-electron chi connectivity index (χ1n) is 4.85. The van der Waals surface area contributed by atoms with Crippen molar-refractivity contribution in [3.8, 4) is 5.69 Å². The Balaban J connectivity index is 2.53. The zero-order valence-corrected chi connectivity index (χ0v) is 10.9. The first-order valence-corrected chi connectivity index (χ1v) is 5.93. The van der Waals surface area contributed by atoms with Crippen LogP contribution in [0.5, 0.6) is 0 Å². The number of hydrogen-bond donors (Lipinski definition) is 1. The molecule has 3 nitrogen and oxygen atoms in total. The van der Waals surface area contributed by atoms with Crippen LogP contribution in [0.1, 0.15) is 5.56 Å². The lowest BCUT2D eigenvalue weighted by atomic mass is 10.1. The third kappa shape index (κ3) is 2.25. The van der Waals surface area contributed by atoms with E-state index in [0.717, 1.165) is 9.13 Å². The zero-order valence-electron chi connectivity index (χ0n) is 8.74. The van der Waals surface area contributed by atoms with Gasteiger partial charge in [-0.25, -0.2) is 9.07 Å². The van der Waals surface area contributed by atoms with Gasteiger partial charge in [-0.15, -0.1) is 0 Å². The van der Waals surface area contributed by atoms with Gasteiger partial charge >= 0.3 is 0 Å². The third-order valence-corrected chi connectivity index (χ3v) is 2.77. The van der Waals surface area contributed by atoms with Crippen molar-refractivity contribution in [2.75, 3.05) is 7.05 Å². The summed E-state index contributed by atoms with van der Waals surface area (Å²) in [5.74, 6) is -0.257. The van der Waals surface area contributed by atoms with Crippen molar-refractivity contribution in [3.63, 3.8) is 0 Å². The van der Waals surface area contributed by atoms with E-state index in [2.05, 4.69) is 33.0 Å². The Morgan fingerprint density at radius 1 is 1.50 bits per heavy atom. The molecule has 0 saturated heterocycles. The molecule has 16 heavy (non-hydrogen) atoms. The second-order valence-corrected chi connectivity index (χ2v) is 4.63. The molecule has 0 aliphatic rings. The summed E-state index contributed by atoms with van der Waals surface area (Å²) >= 11 is 2.15. The van der Waals surface area contributed by atoms with Gasteiger partial charge in [-0.1, -0.05) is 12.1 Å². The number of halogens is 2. The Hall–Kier alpha value is -0.950. The molecule has 0 amide bonds. The van der Waals surface area contributed by atoms with Crippen molar-refractivity contribution in [1.82, 2.24) is 15.1 Å². The second-order valence-electron chi connectivity index (χ2n) is 3.38. The van der Waals surface area contributed by atoms with Crippen LogP contribution in [0, 0.1) is 9.39 Å². The maximum absolute atomic E-state index is 13.8. The Kier molecular flexibility index (Phi) is 3.55. The summed E-state index contributed by atoms with van der Waals surface area (Å²) in [6, 6.07) is 5.05. The molecule has 1 aromatic carbocycles. The fourth-order valence-corrected chi connectivity index (χ4v) is 1.96. The molecule has 0 atom stereocenters. The number of nitrogens with one attached hydrogen (secondary N) is 1. The van der Waals surface area contributed by atoms with Gasteiger partial charge in [0.15, 0.2) is 0 Å². The van der Waals surface area contributed by atoms with E-state index < -0.39 is 0 Å². The highest BCUT2D eigenvalue weighted by atomic mass is 127. The van der Waals surface area contributed by atoms with Crippen molar-refractivity contribution >= 4 is 22.6 Å². The number of benzene rings is 1. The summed E-state index contributed by atoms with van der Waals surface area (Å²) < 4.78 is 16.3. The van der Waals surface area contributed by atoms with Crippen LogP contribution in [-0.4, -0.2) is 16.8 Å². The summed E-state index contributed by atoms with van der Waals surface area (Å²) in [6.07, 6.45) is 3.51. The molecule has 0 fully saturated rings. The molecule has 0 radical (unpaired) electrons. The average Bonchev–Trinajstić information content (AvgIpc) is 2.65. The molecule has 0 aliphatic carbocycles. The van der Waals surface area contributed by atoms with Crippen LogP contribution < -0.4 is 5.32 Å². The molecule has 1 aromatic heterocycles. The summed E-state index contributed by atoms with van der Waals surface area (Å²) in [7, 11) is 1.83. The lowest BCUT2D eigenvalue weighted by Gasteiger charge is -2.09. The third-order valence-electron chi connectivity index (χ3n) is 2.22. The molecule has 2 aromatic rings. The van der Waals surface area contributed by atoms with Crippen molar-refractivity contribution in [3.05, 3.63) is 45.5 Å². The minimum atomic E-state index is -0.257. The number of rotatable bonds is 3. The van der Waals surface area contributed by atoms with Crippen molar-refractivity contribution in [2.45, 2.75) is 6.54 Å². The maximum Gasteiger partial charge on any atom is 0.149 e. The molecular weight excluding hydrogens is 320 g/mol. The average molecular weight is 331 g/mol. The van der Waals surface area contributed by atoms with Gasteiger partial charge in [0.2, 0.25) is 0 Å². The van der Waals surface area contributed by atoms with Crippen LogP contribution in [-0.2, 0) is 6.54 Å². The monoisotopic (exact) mass is 331 g/mol. The molecule has 1 heterocycles. The molecule has 84 valence electrons. The highest BCUT2D eigenvalue weighted by Crippen LogP contribution is 2.19. The van der Waals surface area contributed by atoms with E-state index in [4.69, 9.17) is 0 Å². The van der Waals surface area contributed by atoms with Gasteiger partial charge in [0.1, 0.15) is 11.5 Å². The summed E-state index contributed by atoms with van der Waals surface area (Å²) in [6.45, 7) is 0.615. The number of aromatic nitrogens is 2. The van der Waals surface area contributed by atoms with Gasteiger partial charge < -0.3 is 5.32 Å². The SMILES string of the molecule is CNCc1cccc(F)c1-n1cc(I)cn1. The molecule has 0 unspecified atom stereocenters. The van der Waals surface area contributed by atoms with E-state index in [1.54, 1.807) is 23.1 Å². The van der Waals surface area contributed by atoms with Crippen molar-refractivity contribution < 1.29 is 4.39 Å². The second kappa shape index (κ2) is 4.92. The highest BCUT2D eigenvalue weighted by molar-refractivity contribution is 14.1. The van der Waals surface area contributed by atoms with Crippen molar-refractivity contribution in [2.24, 2.45) is 0 Å². The van der Waals surface area contributed by atoms with Crippen LogP contribution in [0.15, 0.2) is 30.6 Å². The normalized spacial score (nSPS) is 10.7. The predicted molar refractivity (Wildman–Crippen MR) is 69.0 cm³/mol. The van der Waals surface area contributed by atoms with Crippen LogP contribution in [0.4, 0.5) is 4.39 Å². The molecule has 0 bridgehead atoms. The van der Waals surface area contributed by atoms with E-state index in [-0.39, 0.29) is 5.82 Å². The van der Waals surface area contributed by atoms with Crippen LogP contribution in [0.3, 0.4) is 0 Å². The summed E-state index contributed by atoms with van der Waals surface area (Å²) in [4.78, 5) is 0. The predicted octanol–water partition coefficient (Wildman–Crippen LogP) is 2.34. The van der Waals surface area contributed by atoms with Gasteiger partial charge in [-0.3, -0.25) is 0 Å². The Bertz CT molecular complexity index is 496. The quantitative estimate of drug-likeness (QED) is 0.875. The Morgan fingerprint density at radius 2 is 2.31 bits per heavy atom. The lowest BCUT2D eigenvalue weighted by Crippen LogP contribution is -2.10. The highest BCUT2D eigenvalue weighted by Gasteiger charge is 2.10. The number of para-hydroxylation sites is 1. The molecule has 0 spiro atoms. The lowest BCUT2D eigenvalue weighted by molar-refractivity contribution is 0.605. The van der Waals surface area contributed by atoms with Gasteiger partial charge in [-0.05, 0) is 41.3 Å². The number of hydrogen-bond acceptors (Lipinski definition) is 2. The Morgan fingerprint density at radius 3 is 2.94 bits per heavy atom. The fraction of sp³-hybridized carbons (Fsp3) is 0.182. The van der Waals surface area contributed by atoms with Crippen LogP contribution >= 0.6 is 22.6 Å². The summed E-state index contributed by atoms with van der Waals surface area (Å²) in [5, 5.41) is 7.15. The van der Waals surface area contributed by atoms with E-state index in [1.165, 1.54) is 6.07 Å². The van der Waals surface area contributed by atoms with E-state index in [1.807, 2.05) is 13.1 Å². The topological polar surface area (TPSA) is 29.9 Å². The van der Waals surface area contributed by atoms with E-state index in [9.17, 15) is 4.39 Å². The largest absolute Gasteiger partial charge is 0.316 e. The molecule has 0 aliphatic heterocycles. The molecule has 0 saturated carbocycles. The number of nitrogens with zero attached hydrogens (tertiary/aromatic N) is 2. The molecular formula is C11H11FIN3. The fourth-order valence-electron chi connectivity index (χ4n) is 1.57. The van der Waals surface area contributed by atoms with Gasteiger partial charge in [0.25, 0.3) is 0 Å². The minimum Gasteiger partial charge on any atom is -0.316 e. The smallest absolute Gasteiger partial charge is 0.149 e. The molecule has 5 heteroatoms. The molecule has 1 N–H and O–H groups in total. The Labute approximate surface area is 107 Å². The molecule has 2 rings (SSSR count). The van der Waals surface area contributed by atoms with E-state index >= 15 is 0 Å². The maximum atomic E-state index is 13.8.